The molecule has 0 aromatic rings. The molecule has 112 valence electrons. The Morgan fingerprint density at radius 2 is 1.32 bits per heavy atom. The molecule has 0 aliphatic heterocycles. The van der Waals surface area contributed by atoms with Gasteiger partial charge in [0.05, 0.1) is 0 Å². The monoisotopic (exact) mass is 264 g/mol. The van der Waals surface area contributed by atoms with E-state index in [1.54, 1.807) is 38.5 Å². The van der Waals surface area contributed by atoms with Gasteiger partial charge in [-0.2, -0.15) is 0 Å². The predicted molar refractivity (Wildman–Crippen MR) is 85.3 cm³/mol. The highest BCUT2D eigenvalue weighted by Gasteiger charge is 2.26. The maximum atomic E-state index is 2.41. The Bertz CT molecular complexity index is 228. The van der Waals surface area contributed by atoms with Gasteiger partial charge in [-0.1, -0.05) is 78.1 Å². The van der Waals surface area contributed by atoms with Crippen molar-refractivity contribution in [2.24, 2.45) is 23.7 Å². The Hall–Kier alpha value is 0. The van der Waals surface area contributed by atoms with Crippen LogP contribution in [0.1, 0.15) is 97.3 Å². The molecule has 0 aromatic heterocycles. The van der Waals surface area contributed by atoms with Gasteiger partial charge in [0.2, 0.25) is 0 Å². The van der Waals surface area contributed by atoms with E-state index in [-0.39, 0.29) is 0 Å². The molecule has 0 saturated heterocycles. The average Bonchev–Trinajstić information content (AvgIpc) is 2.45. The molecule has 3 atom stereocenters. The van der Waals surface area contributed by atoms with E-state index in [4.69, 9.17) is 0 Å². The van der Waals surface area contributed by atoms with E-state index in [1.165, 1.54) is 44.9 Å². The van der Waals surface area contributed by atoms with E-state index in [1.807, 2.05) is 0 Å². The number of rotatable bonds is 5. The lowest BCUT2D eigenvalue weighted by Gasteiger charge is -2.31. The van der Waals surface area contributed by atoms with Crippen LogP contribution in [0, 0.1) is 23.7 Å². The maximum Gasteiger partial charge on any atom is -0.0409 e. The minimum atomic E-state index is 1.04. The van der Waals surface area contributed by atoms with Gasteiger partial charge in [-0.15, -0.1) is 0 Å². The number of hydrogen-bond acceptors (Lipinski definition) is 0. The van der Waals surface area contributed by atoms with Gasteiger partial charge < -0.3 is 0 Å². The Morgan fingerprint density at radius 1 is 0.684 bits per heavy atom. The van der Waals surface area contributed by atoms with Crippen LogP contribution in [0.15, 0.2) is 0 Å². The van der Waals surface area contributed by atoms with Gasteiger partial charge in [0.25, 0.3) is 0 Å². The Morgan fingerprint density at radius 3 is 1.89 bits per heavy atom. The molecular formula is C19H36. The summed E-state index contributed by atoms with van der Waals surface area (Å²) in [6.07, 6.45) is 19.7. The van der Waals surface area contributed by atoms with Gasteiger partial charge >= 0.3 is 0 Å². The summed E-state index contributed by atoms with van der Waals surface area (Å²) >= 11 is 0. The first-order chi connectivity index (χ1) is 9.31. The molecule has 0 bridgehead atoms. The Kier molecular flexibility index (Phi) is 6.74. The second kappa shape index (κ2) is 8.32. The van der Waals surface area contributed by atoms with Crippen LogP contribution in [0.2, 0.25) is 0 Å². The molecule has 0 heterocycles. The first-order valence-electron chi connectivity index (χ1n) is 9.31. The van der Waals surface area contributed by atoms with Crippen LogP contribution in [0.4, 0.5) is 0 Å². The minimum absolute atomic E-state index is 1.04. The van der Waals surface area contributed by atoms with Crippen LogP contribution < -0.4 is 0 Å². The van der Waals surface area contributed by atoms with Crippen molar-refractivity contribution in [3.05, 3.63) is 0 Å². The summed E-state index contributed by atoms with van der Waals surface area (Å²) in [6.45, 7) is 4.80. The minimum Gasteiger partial charge on any atom is -0.0654 e. The summed E-state index contributed by atoms with van der Waals surface area (Å²) < 4.78 is 0. The van der Waals surface area contributed by atoms with Crippen molar-refractivity contribution < 1.29 is 0 Å². The third-order valence-corrected chi connectivity index (χ3v) is 5.97. The van der Waals surface area contributed by atoms with E-state index in [9.17, 15) is 0 Å². The SMILES string of the molecule is CCCC1CC(CC)CCCCC(CC2CCC2)C1. The molecule has 2 aliphatic carbocycles. The summed E-state index contributed by atoms with van der Waals surface area (Å²) in [5.41, 5.74) is 0. The molecule has 0 aromatic carbocycles. The second-order valence-electron chi connectivity index (χ2n) is 7.58. The second-order valence-corrected chi connectivity index (χ2v) is 7.58. The Labute approximate surface area is 121 Å². The molecule has 0 radical (unpaired) electrons. The van der Waals surface area contributed by atoms with Crippen LogP contribution in [0.5, 0.6) is 0 Å². The summed E-state index contributed by atoms with van der Waals surface area (Å²) in [5, 5.41) is 0. The lowest BCUT2D eigenvalue weighted by molar-refractivity contribution is 0.206. The van der Waals surface area contributed by atoms with Crippen molar-refractivity contribution in [3.8, 4) is 0 Å². The highest BCUT2D eigenvalue weighted by molar-refractivity contribution is 4.78. The van der Waals surface area contributed by atoms with Crippen molar-refractivity contribution in [1.82, 2.24) is 0 Å². The zero-order valence-electron chi connectivity index (χ0n) is 13.5. The van der Waals surface area contributed by atoms with Crippen molar-refractivity contribution in [2.45, 2.75) is 97.3 Å². The van der Waals surface area contributed by atoms with E-state index in [0.29, 0.717) is 0 Å². The molecular weight excluding hydrogens is 228 g/mol. The average molecular weight is 264 g/mol. The van der Waals surface area contributed by atoms with Gasteiger partial charge in [-0.05, 0) is 42.9 Å². The van der Waals surface area contributed by atoms with Gasteiger partial charge in [0.1, 0.15) is 0 Å². The first kappa shape index (κ1) is 15.4. The quantitative estimate of drug-likeness (QED) is 0.525. The predicted octanol–water partition coefficient (Wildman–Crippen LogP) is 6.59. The maximum absolute atomic E-state index is 2.41. The van der Waals surface area contributed by atoms with E-state index < -0.39 is 0 Å². The smallest absolute Gasteiger partial charge is 0.0409 e. The van der Waals surface area contributed by atoms with Crippen molar-refractivity contribution in [1.29, 1.82) is 0 Å². The standard InChI is InChI=1S/C19H36/c1-3-8-18-13-16(4-2)9-5-6-10-19(15-18)14-17-11-7-12-17/h16-19H,3-15H2,1-2H3. The van der Waals surface area contributed by atoms with E-state index in [0.717, 1.165) is 23.7 Å². The first-order valence-corrected chi connectivity index (χ1v) is 9.31. The lowest BCUT2D eigenvalue weighted by Crippen LogP contribution is -2.18. The normalized spacial score (nSPS) is 34.1. The van der Waals surface area contributed by atoms with E-state index >= 15 is 0 Å². The topological polar surface area (TPSA) is 0 Å². The molecule has 2 fully saturated rings. The summed E-state index contributed by atoms with van der Waals surface area (Å²) in [4.78, 5) is 0. The van der Waals surface area contributed by atoms with Crippen LogP contribution in [0.3, 0.4) is 0 Å². The van der Waals surface area contributed by atoms with Crippen LogP contribution in [0.25, 0.3) is 0 Å². The summed E-state index contributed by atoms with van der Waals surface area (Å²) in [6, 6.07) is 0. The van der Waals surface area contributed by atoms with Gasteiger partial charge in [-0.25, -0.2) is 0 Å². The fraction of sp³-hybridized carbons (Fsp3) is 1.00. The molecule has 2 rings (SSSR count). The van der Waals surface area contributed by atoms with Crippen molar-refractivity contribution in [3.63, 3.8) is 0 Å². The largest absolute Gasteiger partial charge is 0.0654 e. The van der Waals surface area contributed by atoms with Crippen molar-refractivity contribution in [2.75, 3.05) is 0 Å². The molecule has 0 amide bonds. The lowest BCUT2D eigenvalue weighted by atomic mass is 9.74. The van der Waals surface area contributed by atoms with Gasteiger partial charge in [0.15, 0.2) is 0 Å². The van der Waals surface area contributed by atoms with Crippen LogP contribution in [-0.4, -0.2) is 0 Å². The van der Waals surface area contributed by atoms with Crippen LogP contribution >= 0.6 is 0 Å². The molecule has 0 heteroatoms. The molecule has 3 unspecified atom stereocenters. The zero-order chi connectivity index (χ0) is 13.5. The summed E-state index contributed by atoms with van der Waals surface area (Å²) in [7, 11) is 0. The zero-order valence-corrected chi connectivity index (χ0v) is 13.5. The molecule has 2 aliphatic rings. The van der Waals surface area contributed by atoms with Gasteiger partial charge in [0, 0.05) is 0 Å². The Balaban J connectivity index is 1.87. The molecule has 0 spiro atoms. The highest BCUT2D eigenvalue weighted by atomic mass is 14.3. The summed E-state index contributed by atoms with van der Waals surface area (Å²) in [5.74, 6) is 4.30. The fourth-order valence-electron chi connectivity index (χ4n) is 4.57. The molecule has 2 saturated carbocycles. The van der Waals surface area contributed by atoms with Crippen LogP contribution in [-0.2, 0) is 0 Å². The van der Waals surface area contributed by atoms with Gasteiger partial charge in [-0.3, -0.25) is 0 Å². The molecule has 0 N–H and O–H groups in total. The number of hydrogen-bond donors (Lipinski definition) is 0. The molecule has 19 heavy (non-hydrogen) atoms. The van der Waals surface area contributed by atoms with Crippen molar-refractivity contribution >= 4 is 0 Å². The van der Waals surface area contributed by atoms with E-state index in [2.05, 4.69) is 13.8 Å². The highest BCUT2D eigenvalue weighted by Crippen LogP contribution is 2.39. The third kappa shape index (κ3) is 5.12. The molecule has 0 nitrogen and oxygen atoms in total. The fourth-order valence-corrected chi connectivity index (χ4v) is 4.57. The third-order valence-electron chi connectivity index (χ3n) is 5.97.